The molecule has 3 aromatic rings. The Morgan fingerprint density at radius 2 is 1.83 bits per heavy atom. The smallest absolute Gasteiger partial charge is 0.279 e. The number of amides is 3. The summed E-state index contributed by atoms with van der Waals surface area (Å²) < 4.78 is 13.6. The van der Waals surface area contributed by atoms with Crippen molar-refractivity contribution in [3.63, 3.8) is 0 Å². The average Bonchev–Trinajstić information content (AvgIpc) is 3.19. The normalized spacial score (nSPS) is 10.4. The van der Waals surface area contributed by atoms with Crippen molar-refractivity contribution in [2.75, 3.05) is 17.3 Å². The van der Waals surface area contributed by atoms with Crippen LogP contribution >= 0.6 is 0 Å². The molecule has 0 bridgehead atoms. The highest BCUT2D eigenvalue weighted by Crippen LogP contribution is 2.20. The number of benzene rings is 2. The van der Waals surface area contributed by atoms with Gasteiger partial charge in [0.05, 0.1) is 6.33 Å². The van der Waals surface area contributed by atoms with E-state index in [-0.39, 0.29) is 22.5 Å². The predicted molar refractivity (Wildman–Crippen MR) is 105 cm³/mol. The fourth-order valence-corrected chi connectivity index (χ4v) is 2.74. The van der Waals surface area contributed by atoms with Gasteiger partial charge in [0.1, 0.15) is 11.5 Å². The molecule has 8 nitrogen and oxygen atoms in total. The Morgan fingerprint density at radius 3 is 2.48 bits per heavy atom. The first kappa shape index (κ1) is 19.7. The van der Waals surface area contributed by atoms with Gasteiger partial charge in [0.2, 0.25) is 0 Å². The molecule has 0 aliphatic heterocycles. The third kappa shape index (κ3) is 3.98. The molecule has 0 radical (unpaired) electrons. The van der Waals surface area contributed by atoms with Gasteiger partial charge in [-0.05, 0) is 48.9 Å². The van der Waals surface area contributed by atoms with E-state index in [1.54, 1.807) is 24.3 Å². The third-order valence-corrected chi connectivity index (χ3v) is 4.42. The number of imidazole rings is 1. The molecular weight excluding hydrogens is 377 g/mol. The summed E-state index contributed by atoms with van der Waals surface area (Å²) >= 11 is 0. The van der Waals surface area contributed by atoms with E-state index in [9.17, 15) is 18.8 Å². The van der Waals surface area contributed by atoms with Gasteiger partial charge in [0, 0.05) is 24.0 Å². The zero-order valence-electron chi connectivity index (χ0n) is 15.7. The van der Waals surface area contributed by atoms with Crippen molar-refractivity contribution in [3.8, 4) is 0 Å². The standard InChI is InChI=1S/C20H18FN5O3/c1-11-14(4-3-5-15(11)21)19(28)25-12-6-8-13(9-7-12)26(2)20(29)17-16(18(22)27)23-10-24-17/h3-10H,1-2H3,(H2,22,27)(H,23,24)(H,25,28). The first-order valence-corrected chi connectivity index (χ1v) is 8.57. The van der Waals surface area contributed by atoms with Crippen LogP contribution in [0, 0.1) is 12.7 Å². The van der Waals surface area contributed by atoms with Gasteiger partial charge in [0.15, 0.2) is 5.69 Å². The number of hydrogen-bond acceptors (Lipinski definition) is 4. The van der Waals surface area contributed by atoms with Gasteiger partial charge in [-0.3, -0.25) is 14.4 Å². The predicted octanol–water partition coefficient (Wildman–Crippen LogP) is 2.49. The highest BCUT2D eigenvalue weighted by atomic mass is 19.1. The fraction of sp³-hybridized carbons (Fsp3) is 0.100. The zero-order valence-corrected chi connectivity index (χ0v) is 15.7. The summed E-state index contributed by atoms with van der Waals surface area (Å²) in [6.07, 6.45) is 1.22. The SMILES string of the molecule is Cc1c(F)cccc1C(=O)Nc1ccc(N(C)C(=O)c2nc[nH]c2C(N)=O)cc1. The van der Waals surface area contributed by atoms with Crippen molar-refractivity contribution in [3.05, 3.63) is 77.1 Å². The molecule has 9 heteroatoms. The number of H-pyrrole nitrogens is 1. The lowest BCUT2D eigenvalue weighted by Crippen LogP contribution is -2.29. The second-order valence-electron chi connectivity index (χ2n) is 6.27. The summed E-state index contributed by atoms with van der Waals surface area (Å²) in [5.74, 6) is -2.21. The molecule has 1 aromatic heterocycles. The van der Waals surface area contributed by atoms with Crippen LogP contribution in [0.1, 0.15) is 36.9 Å². The summed E-state index contributed by atoms with van der Waals surface area (Å²) in [7, 11) is 1.52. The van der Waals surface area contributed by atoms with Crippen LogP contribution in [-0.4, -0.2) is 34.7 Å². The monoisotopic (exact) mass is 395 g/mol. The topological polar surface area (TPSA) is 121 Å². The van der Waals surface area contributed by atoms with E-state index in [4.69, 9.17) is 5.73 Å². The van der Waals surface area contributed by atoms with Crippen molar-refractivity contribution in [1.82, 2.24) is 9.97 Å². The van der Waals surface area contributed by atoms with E-state index in [1.165, 1.54) is 43.4 Å². The number of halogens is 1. The van der Waals surface area contributed by atoms with Gasteiger partial charge < -0.3 is 20.9 Å². The molecule has 2 aromatic carbocycles. The maximum Gasteiger partial charge on any atom is 0.279 e. The van der Waals surface area contributed by atoms with E-state index in [0.717, 1.165) is 0 Å². The average molecular weight is 395 g/mol. The van der Waals surface area contributed by atoms with Gasteiger partial charge in [-0.2, -0.15) is 0 Å². The zero-order chi connectivity index (χ0) is 21.1. The minimum Gasteiger partial charge on any atom is -0.364 e. The highest BCUT2D eigenvalue weighted by Gasteiger charge is 2.22. The summed E-state index contributed by atoms with van der Waals surface area (Å²) in [6, 6.07) is 10.7. The maximum atomic E-state index is 13.6. The summed E-state index contributed by atoms with van der Waals surface area (Å²) in [5, 5.41) is 2.69. The number of hydrogen-bond donors (Lipinski definition) is 3. The van der Waals surface area contributed by atoms with Crippen LogP contribution < -0.4 is 16.0 Å². The van der Waals surface area contributed by atoms with Gasteiger partial charge in [-0.25, -0.2) is 9.37 Å². The van der Waals surface area contributed by atoms with Crippen molar-refractivity contribution in [2.45, 2.75) is 6.92 Å². The molecule has 0 spiro atoms. The van der Waals surface area contributed by atoms with Gasteiger partial charge in [-0.15, -0.1) is 0 Å². The maximum absolute atomic E-state index is 13.6. The van der Waals surface area contributed by atoms with Crippen LogP contribution in [0.25, 0.3) is 0 Å². The lowest BCUT2D eigenvalue weighted by molar-refractivity contribution is 0.0958. The molecule has 0 aliphatic rings. The molecule has 0 saturated heterocycles. The number of rotatable bonds is 5. The molecule has 1 heterocycles. The Hall–Kier alpha value is -4.01. The molecule has 4 N–H and O–H groups in total. The molecule has 0 saturated carbocycles. The number of carbonyl (C=O) groups is 3. The van der Waals surface area contributed by atoms with Crippen LogP contribution in [0.15, 0.2) is 48.8 Å². The fourth-order valence-electron chi connectivity index (χ4n) is 2.74. The quantitative estimate of drug-likeness (QED) is 0.614. The van der Waals surface area contributed by atoms with Crippen molar-refractivity contribution in [2.24, 2.45) is 5.73 Å². The molecule has 0 unspecified atom stereocenters. The molecule has 3 amide bonds. The van der Waals surface area contributed by atoms with Gasteiger partial charge in [0.25, 0.3) is 17.7 Å². The van der Waals surface area contributed by atoms with E-state index in [1.807, 2.05) is 0 Å². The molecule has 0 fully saturated rings. The summed E-state index contributed by atoms with van der Waals surface area (Å²) in [4.78, 5) is 44.0. The molecule has 148 valence electrons. The number of aromatic nitrogens is 2. The first-order chi connectivity index (χ1) is 13.8. The Morgan fingerprint density at radius 1 is 1.14 bits per heavy atom. The number of carbonyl (C=O) groups excluding carboxylic acids is 3. The van der Waals surface area contributed by atoms with E-state index in [0.29, 0.717) is 11.4 Å². The number of nitrogens with two attached hydrogens (primary N) is 1. The Balaban J connectivity index is 1.75. The number of anilines is 2. The van der Waals surface area contributed by atoms with Crippen molar-refractivity contribution >= 4 is 29.1 Å². The Kier molecular flexibility index (Phi) is 5.40. The van der Waals surface area contributed by atoms with Crippen LogP contribution in [0.5, 0.6) is 0 Å². The van der Waals surface area contributed by atoms with E-state index in [2.05, 4.69) is 15.3 Å². The largest absolute Gasteiger partial charge is 0.364 e. The lowest BCUT2D eigenvalue weighted by atomic mass is 10.1. The van der Waals surface area contributed by atoms with Crippen molar-refractivity contribution in [1.29, 1.82) is 0 Å². The van der Waals surface area contributed by atoms with Crippen molar-refractivity contribution < 1.29 is 18.8 Å². The number of aromatic amines is 1. The van der Waals surface area contributed by atoms with E-state index < -0.39 is 23.5 Å². The number of nitrogens with one attached hydrogen (secondary N) is 2. The van der Waals surface area contributed by atoms with Gasteiger partial charge >= 0.3 is 0 Å². The minimum absolute atomic E-state index is 0.0730. The summed E-state index contributed by atoms with van der Waals surface area (Å²) in [5.41, 5.74) is 6.54. The van der Waals surface area contributed by atoms with Crippen LogP contribution in [0.2, 0.25) is 0 Å². The van der Waals surface area contributed by atoms with Crippen LogP contribution in [0.4, 0.5) is 15.8 Å². The van der Waals surface area contributed by atoms with E-state index >= 15 is 0 Å². The first-order valence-electron chi connectivity index (χ1n) is 8.57. The van der Waals surface area contributed by atoms with Crippen LogP contribution in [0.3, 0.4) is 0 Å². The second-order valence-corrected chi connectivity index (χ2v) is 6.27. The van der Waals surface area contributed by atoms with Gasteiger partial charge in [-0.1, -0.05) is 6.07 Å². The molecular formula is C20H18FN5O3. The second kappa shape index (κ2) is 7.93. The molecule has 0 atom stereocenters. The van der Waals surface area contributed by atoms with Crippen LogP contribution in [-0.2, 0) is 0 Å². The summed E-state index contributed by atoms with van der Waals surface area (Å²) in [6.45, 7) is 1.53. The Labute approximate surface area is 165 Å². The minimum atomic E-state index is -0.787. The lowest BCUT2D eigenvalue weighted by Gasteiger charge is -2.17. The Bertz CT molecular complexity index is 1090. The molecule has 0 aliphatic carbocycles. The third-order valence-electron chi connectivity index (χ3n) is 4.42. The number of primary amides is 1. The molecule has 29 heavy (non-hydrogen) atoms. The molecule has 3 rings (SSSR count). The number of nitrogens with zero attached hydrogens (tertiary/aromatic N) is 2. The highest BCUT2D eigenvalue weighted by molar-refractivity contribution is 6.11.